The van der Waals surface area contributed by atoms with Gasteiger partial charge in [0.05, 0.1) is 0 Å². The van der Waals surface area contributed by atoms with Crippen LogP contribution < -0.4 is 0 Å². The molecule has 1 atom stereocenters. The summed E-state index contributed by atoms with van der Waals surface area (Å²) in [6, 6.07) is 16.5. The van der Waals surface area contributed by atoms with Crippen LogP contribution in [0.4, 0.5) is 0 Å². The van der Waals surface area contributed by atoms with Crippen molar-refractivity contribution < 1.29 is 5.11 Å². The summed E-state index contributed by atoms with van der Waals surface area (Å²) < 4.78 is 1.11. The van der Waals surface area contributed by atoms with Crippen LogP contribution >= 0.6 is 22.6 Å². The van der Waals surface area contributed by atoms with Gasteiger partial charge >= 0.3 is 0 Å². The summed E-state index contributed by atoms with van der Waals surface area (Å²) in [7, 11) is 0. The number of hydrogen-bond acceptors (Lipinski definition) is 1. The number of aliphatic hydroxyl groups is 1. The van der Waals surface area contributed by atoms with E-state index in [-0.39, 0.29) is 0 Å². The molecule has 1 saturated carbocycles. The lowest BCUT2D eigenvalue weighted by Crippen LogP contribution is -2.09. The molecule has 19 heavy (non-hydrogen) atoms. The minimum atomic E-state index is -0.524. The zero-order valence-electron chi connectivity index (χ0n) is 10.7. The first-order valence-electron chi connectivity index (χ1n) is 6.78. The van der Waals surface area contributed by atoms with Gasteiger partial charge in [-0.3, -0.25) is 0 Å². The second-order valence-corrected chi connectivity index (χ2v) is 6.38. The molecule has 0 aliphatic heterocycles. The molecular weight excluding hydrogens is 347 g/mol. The van der Waals surface area contributed by atoms with Gasteiger partial charge in [-0.1, -0.05) is 48.9 Å². The predicted molar refractivity (Wildman–Crippen MR) is 86.3 cm³/mol. The van der Waals surface area contributed by atoms with E-state index in [2.05, 4.69) is 46.9 Å². The molecule has 0 aromatic heterocycles. The van der Waals surface area contributed by atoms with Gasteiger partial charge in [-0.2, -0.15) is 0 Å². The Hall–Kier alpha value is -0.870. The van der Waals surface area contributed by atoms with E-state index in [4.69, 9.17) is 0 Å². The van der Waals surface area contributed by atoms with Crippen LogP contribution in [0.25, 0.3) is 0 Å². The highest BCUT2D eigenvalue weighted by atomic mass is 127. The third-order valence-corrected chi connectivity index (χ3v) is 5.01. The van der Waals surface area contributed by atoms with Crippen LogP contribution in [-0.2, 0) is 0 Å². The molecule has 2 aromatic carbocycles. The molecule has 2 heteroatoms. The van der Waals surface area contributed by atoms with Crippen molar-refractivity contribution in [1.29, 1.82) is 0 Å². The summed E-state index contributed by atoms with van der Waals surface area (Å²) in [5.41, 5.74) is 3.39. The number of hydrogen-bond donors (Lipinski definition) is 1. The van der Waals surface area contributed by atoms with Crippen molar-refractivity contribution in [2.45, 2.75) is 31.3 Å². The van der Waals surface area contributed by atoms with E-state index in [9.17, 15) is 5.11 Å². The second-order valence-electron chi connectivity index (χ2n) is 5.22. The first-order chi connectivity index (χ1) is 9.25. The van der Waals surface area contributed by atoms with Gasteiger partial charge in [0, 0.05) is 3.57 Å². The Morgan fingerprint density at radius 1 is 1.00 bits per heavy atom. The third kappa shape index (κ3) is 2.70. The van der Waals surface area contributed by atoms with Gasteiger partial charge in [0.25, 0.3) is 0 Å². The van der Waals surface area contributed by atoms with E-state index in [0.717, 1.165) is 20.6 Å². The van der Waals surface area contributed by atoms with Crippen LogP contribution in [0.1, 0.15) is 48.0 Å². The van der Waals surface area contributed by atoms with E-state index in [0.29, 0.717) is 0 Å². The minimum absolute atomic E-state index is 0.524. The molecule has 1 fully saturated rings. The molecule has 0 heterocycles. The molecule has 0 radical (unpaired) electrons. The lowest BCUT2D eigenvalue weighted by Gasteiger charge is -2.26. The molecule has 1 aliphatic rings. The zero-order valence-corrected chi connectivity index (χ0v) is 12.9. The Morgan fingerprint density at radius 2 is 1.68 bits per heavy atom. The van der Waals surface area contributed by atoms with E-state index in [1.165, 1.54) is 24.8 Å². The highest BCUT2D eigenvalue weighted by Gasteiger charge is 2.20. The summed E-state index contributed by atoms with van der Waals surface area (Å²) in [5.74, 6) is 0.753. The van der Waals surface area contributed by atoms with Crippen molar-refractivity contribution in [3.05, 3.63) is 68.8 Å². The van der Waals surface area contributed by atoms with Crippen molar-refractivity contribution in [2.75, 3.05) is 0 Å². The lowest BCUT2D eigenvalue weighted by atomic mass is 9.80. The van der Waals surface area contributed by atoms with E-state index in [1.54, 1.807) is 0 Å². The predicted octanol–water partition coefficient (Wildman–Crippen LogP) is 4.64. The number of rotatable bonds is 3. The van der Waals surface area contributed by atoms with Crippen LogP contribution in [0.2, 0.25) is 0 Å². The largest absolute Gasteiger partial charge is 0.384 e. The fraction of sp³-hybridized carbons (Fsp3) is 0.294. The van der Waals surface area contributed by atoms with Crippen LogP contribution in [0.15, 0.2) is 48.5 Å². The first kappa shape index (κ1) is 13.1. The van der Waals surface area contributed by atoms with Crippen molar-refractivity contribution in [1.82, 2.24) is 0 Å². The van der Waals surface area contributed by atoms with E-state index in [1.807, 2.05) is 24.3 Å². The maximum absolute atomic E-state index is 10.5. The van der Waals surface area contributed by atoms with Crippen LogP contribution in [0.3, 0.4) is 0 Å². The Balaban J connectivity index is 1.83. The standard InChI is InChI=1S/C17H17IO/c18-16-7-2-1-6-15(16)17(19)14-10-8-13(9-11-14)12-4-3-5-12/h1-2,6-12,17,19H,3-5H2. The van der Waals surface area contributed by atoms with Gasteiger partial charge in [-0.25, -0.2) is 0 Å². The Bertz CT molecular complexity index is 558. The summed E-state index contributed by atoms with van der Waals surface area (Å²) in [6.07, 6.45) is 3.47. The van der Waals surface area contributed by atoms with Crippen molar-refractivity contribution in [3.63, 3.8) is 0 Å². The average molecular weight is 364 g/mol. The van der Waals surface area contributed by atoms with Gasteiger partial charge in [-0.05, 0) is 64.1 Å². The maximum atomic E-state index is 10.5. The number of halogens is 1. The average Bonchev–Trinajstić information content (AvgIpc) is 2.37. The molecule has 2 aromatic rings. The summed E-state index contributed by atoms with van der Waals surface area (Å²) in [5, 5.41) is 10.5. The summed E-state index contributed by atoms with van der Waals surface area (Å²) in [4.78, 5) is 0. The molecule has 0 bridgehead atoms. The fourth-order valence-corrected chi connectivity index (χ4v) is 3.25. The van der Waals surface area contributed by atoms with Crippen LogP contribution in [-0.4, -0.2) is 5.11 Å². The highest BCUT2D eigenvalue weighted by molar-refractivity contribution is 14.1. The molecule has 1 N–H and O–H groups in total. The van der Waals surface area contributed by atoms with Gasteiger partial charge in [0.1, 0.15) is 6.10 Å². The summed E-state index contributed by atoms with van der Waals surface area (Å²) in [6.45, 7) is 0. The molecule has 3 rings (SSSR count). The molecule has 0 spiro atoms. The molecule has 1 nitrogen and oxygen atoms in total. The molecule has 0 saturated heterocycles. The third-order valence-electron chi connectivity index (χ3n) is 4.03. The topological polar surface area (TPSA) is 20.2 Å². The van der Waals surface area contributed by atoms with E-state index >= 15 is 0 Å². The van der Waals surface area contributed by atoms with Gasteiger partial charge in [0.2, 0.25) is 0 Å². The smallest absolute Gasteiger partial charge is 0.105 e. The minimum Gasteiger partial charge on any atom is -0.384 e. The normalized spacial score (nSPS) is 16.9. The van der Waals surface area contributed by atoms with Crippen LogP contribution in [0.5, 0.6) is 0 Å². The highest BCUT2D eigenvalue weighted by Crippen LogP contribution is 2.37. The fourth-order valence-electron chi connectivity index (χ4n) is 2.57. The van der Waals surface area contributed by atoms with Crippen molar-refractivity contribution in [3.8, 4) is 0 Å². The summed E-state index contributed by atoms with van der Waals surface area (Å²) >= 11 is 2.27. The zero-order chi connectivity index (χ0) is 13.2. The lowest BCUT2D eigenvalue weighted by molar-refractivity contribution is 0.219. The molecule has 1 unspecified atom stereocenters. The van der Waals surface area contributed by atoms with Crippen molar-refractivity contribution in [2.24, 2.45) is 0 Å². The SMILES string of the molecule is OC(c1ccc(C2CCC2)cc1)c1ccccc1I. The number of benzene rings is 2. The Labute approximate surface area is 127 Å². The number of aliphatic hydroxyl groups excluding tert-OH is 1. The van der Waals surface area contributed by atoms with Gasteiger partial charge in [0.15, 0.2) is 0 Å². The van der Waals surface area contributed by atoms with Gasteiger partial charge in [-0.15, -0.1) is 0 Å². The van der Waals surface area contributed by atoms with Crippen molar-refractivity contribution >= 4 is 22.6 Å². The van der Waals surface area contributed by atoms with E-state index < -0.39 is 6.10 Å². The molecular formula is C17H17IO. The molecule has 0 amide bonds. The molecule has 98 valence electrons. The Morgan fingerprint density at radius 3 is 2.26 bits per heavy atom. The first-order valence-corrected chi connectivity index (χ1v) is 7.86. The maximum Gasteiger partial charge on any atom is 0.105 e. The van der Waals surface area contributed by atoms with Gasteiger partial charge < -0.3 is 5.11 Å². The molecule has 1 aliphatic carbocycles. The monoisotopic (exact) mass is 364 g/mol. The second kappa shape index (κ2) is 5.63. The Kier molecular flexibility index (Phi) is 3.89. The quantitative estimate of drug-likeness (QED) is 0.787. The van der Waals surface area contributed by atoms with Crippen LogP contribution in [0, 0.1) is 3.57 Å².